The normalized spacial score (nSPS) is 10.2. The number of halogens is 1. The number of aryl methyl sites for hydroxylation is 1. The van der Waals surface area contributed by atoms with E-state index in [1.54, 1.807) is 6.07 Å². The Labute approximate surface area is 94.9 Å². The van der Waals surface area contributed by atoms with Crippen molar-refractivity contribution in [1.82, 2.24) is 5.32 Å². The number of nitrogens with one attached hydrogen (secondary N) is 2. The molecule has 0 aromatic heterocycles. The lowest BCUT2D eigenvalue weighted by molar-refractivity contribution is 0.630. The molecule has 4 heteroatoms. The summed E-state index contributed by atoms with van der Waals surface area (Å²) in [6.07, 6.45) is 0. The van der Waals surface area contributed by atoms with Crippen LogP contribution in [0.5, 0.6) is 0 Å². The van der Waals surface area contributed by atoms with Gasteiger partial charge in [-0.25, -0.2) is 4.39 Å². The van der Waals surface area contributed by atoms with Gasteiger partial charge < -0.3 is 10.6 Å². The molecule has 2 N–H and O–H groups in total. The Morgan fingerprint density at radius 2 is 2.07 bits per heavy atom. The highest BCUT2D eigenvalue weighted by atomic mass is 32.1. The van der Waals surface area contributed by atoms with E-state index in [2.05, 4.69) is 10.6 Å². The summed E-state index contributed by atoms with van der Waals surface area (Å²) >= 11 is 5.04. The van der Waals surface area contributed by atoms with Gasteiger partial charge in [0.15, 0.2) is 5.11 Å². The lowest BCUT2D eigenvalue weighted by Gasteiger charge is -2.15. The average molecular weight is 226 g/mol. The minimum absolute atomic E-state index is 0.233. The zero-order valence-electron chi connectivity index (χ0n) is 9.10. The largest absolute Gasteiger partial charge is 0.360 e. The Bertz CT molecular complexity index is 343. The van der Waals surface area contributed by atoms with Crippen molar-refractivity contribution in [2.24, 2.45) is 0 Å². The van der Waals surface area contributed by atoms with Gasteiger partial charge in [-0.3, -0.25) is 0 Å². The van der Waals surface area contributed by atoms with E-state index in [-0.39, 0.29) is 11.9 Å². The van der Waals surface area contributed by atoms with E-state index in [0.29, 0.717) is 10.8 Å². The minimum atomic E-state index is -0.289. The molecule has 1 aromatic rings. The molecule has 0 spiro atoms. The maximum absolute atomic E-state index is 13.4. The zero-order valence-corrected chi connectivity index (χ0v) is 9.91. The number of hydrogen-bond donors (Lipinski definition) is 2. The monoisotopic (exact) mass is 226 g/mol. The standard InChI is InChI=1S/C11H15FN2S/c1-7(2)13-11(15)14-10-8(3)5-4-6-9(10)12/h4-7H,1-3H3,(H2,13,14,15). The fourth-order valence-corrected chi connectivity index (χ4v) is 1.54. The van der Waals surface area contributed by atoms with Crippen LogP contribution in [0, 0.1) is 12.7 Å². The van der Waals surface area contributed by atoms with Crippen LogP contribution in [0.3, 0.4) is 0 Å². The Morgan fingerprint density at radius 1 is 1.40 bits per heavy atom. The van der Waals surface area contributed by atoms with Crippen LogP contribution in [-0.4, -0.2) is 11.2 Å². The first-order valence-corrected chi connectivity index (χ1v) is 5.24. The molecule has 0 unspecified atom stereocenters. The average Bonchev–Trinajstić information content (AvgIpc) is 2.10. The van der Waals surface area contributed by atoms with Crippen molar-refractivity contribution < 1.29 is 4.39 Å². The molecule has 0 saturated heterocycles. The summed E-state index contributed by atoms with van der Waals surface area (Å²) in [4.78, 5) is 0. The number of rotatable bonds is 2. The highest BCUT2D eigenvalue weighted by Crippen LogP contribution is 2.18. The fourth-order valence-electron chi connectivity index (χ4n) is 1.20. The molecule has 0 saturated carbocycles. The van der Waals surface area contributed by atoms with Crippen molar-refractivity contribution in [3.8, 4) is 0 Å². The van der Waals surface area contributed by atoms with E-state index in [4.69, 9.17) is 12.2 Å². The first-order chi connectivity index (χ1) is 7.00. The van der Waals surface area contributed by atoms with Crippen LogP contribution in [0.25, 0.3) is 0 Å². The molecule has 0 amide bonds. The maximum Gasteiger partial charge on any atom is 0.171 e. The first-order valence-electron chi connectivity index (χ1n) is 4.83. The van der Waals surface area contributed by atoms with Gasteiger partial charge in [-0.15, -0.1) is 0 Å². The second-order valence-corrected chi connectivity index (χ2v) is 4.09. The Kier molecular flexibility index (Phi) is 4.03. The molecule has 2 nitrogen and oxygen atoms in total. The molecule has 0 fully saturated rings. The van der Waals surface area contributed by atoms with Crippen LogP contribution in [0.15, 0.2) is 18.2 Å². The molecular formula is C11H15FN2S. The predicted molar refractivity (Wildman–Crippen MR) is 65.6 cm³/mol. The highest BCUT2D eigenvalue weighted by molar-refractivity contribution is 7.80. The van der Waals surface area contributed by atoms with E-state index in [9.17, 15) is 4.39 Å². The molecule has 0 bridgehead atoms. The Hall–Kier alpha value is -1.16. The second kappa shape index (κ2) is 5.07. The summed E-state index contributed by atoms with van der Waals surface area (Å²) in [5, 5.41) is 6.30. The molecule has 0 aliphatic heterocycles. The Morgan fingerprint density at radius 3 is 2.60 bits per heavy atom. The van der Waals surface area contributed by atoms with Crippen LogP contribution >= 0.6 is 12.2 Å². The summed E-state index contributed by atoms with van der Waals surface area (Å²) in [6, 6.07) is 5.16. The number of thiocarbonyl (C=S) groups is 1. The van der Waals surface area contributed by atoms with Gasteiger partial charge in [-0.05, 0) is 44.6 Å². The summed E-state index contributed by atoms with van der Waals surface area (Å²) in [5.74, 6) is -0.289. The van der Waals surface area contributed by atoms with E-state index in [0.717, 1.165) is 5.56 Å². The van der Waals surface area contributed by atoms with Crippen LogP contribution in [0.4, 0.5) is 10.1 Å². The molecular weight excluding hydrogens is 211 g/mol. The third kappa shape index (κ3) is 3.47. The quantitative estimate of drug-likeness (QED) is 0.758. The number of benzene rings is 1. The van der Waals surface area contributed by atoms with Gasteiger partial charge >= 0.3 is 0 Å². The van der Waals surface area contributed by atoms with Crippen molar-refractivity contribution in [3.63, 3.8) is 0 Å². The lowest BCUT2D eigenvalue weighted by Crippen LogP contribution is -2.34. The SMILES string of the molecule is Cc1cccc(F)c1NC(=S)NC(C)C. The maximum atomic E-state index is 13.4. The highest BCUT2D eigenvalue weighted by Gasteiger charge is 2.06. The van der Waals surface area contributed by atoms with Crippen molar-refractivity contribution in [1.29, 1.82) is 0 Å². The number of hydrogen-bond acceptors (Lipinski definition) is 1. The van der Waals surface area contributed by atoms with Crippen molar-refractivity contribution in [3.05, 3.63) is 29.6 Å². The first kappa shape index (κ1) is 11.9. The minimum Gasteiger partial charge on any atom is -0.360 e. The van der Waals surface area contributed by atoms with Crippen molar-refractivity contribution in [2.45, 2.75) is 26.8 Å². The fraction of sp³-hybridized carbons (Fsp3) is 0.364. The molecule has 82 valence electrons. The van der Waals surface area contributed by atoms with Gasteiger partial charge in [0.2, 0.25) is 0 Å². The molecule has 0 heterocycles. The molecule has 1 aromatic carbocycles. The Balaban J connectivity index is 2.76. The molecule has 1 rings (SSSR count). The van der Waals surface area contributed by atoms with Crippen LogP contribution in [0.2, 0.25) is 0 Å². The second-order valence-electron chi connectivity index (χ2n) is 3.68. The van der Waals surface area contributed by atoms with Gasteiger partial charge in [0, 0.05) is 6.04 Å². The third-order valence-corrected chi connectivity index (χ3v) is 2.10. The number of anilines is 1. The van der Waals surface area contributed by atoms with Gasteiger partial charge in [0.1, 0.15) is 5.82 Å². The molecule has 15 heavy (non-hydrogen) atoms. The molecule has 0 aliphatic rings. The van der Waals surface area contributed by atoms with E-state index >= 15 is 0 Å². The van der Waals surface area contributed by atoms with E-state index in [1.807, 2.05) is 26.8 Å². The smallest absolute Gasteiger partial charge is 0.171 e. The topological polar surface area (TPSA) is 24.1 Å². The van der Waals surface area contributed by atoms with Crippen LogP contribution in [-0.2, 0) is 0 Å². The van der Waals surface area contributed by atoms with Crippen LogP contribution in [0.1, 0.15) is 19.4 Å². The van der Waals surface area contributed by atoms with E-state index < -0.39 is 0 Å². The third-order valence-electron chi connectivity index (χ3n) is 1.88. The predicted octanol–water partition coefficient (Wildman–Crippen LogP) is 2.83. The van der Waals surface area contributed by atoms with Gasteiger partial charge in [0.25, 0.3) is 0 Å². The number of para-hydroxylation sites is 1. The van der Waals surface area contributed by atoms with Crippen LogP contribution < -0.4 is 10.6 Å². The van der Waals surface area contributed by atoms with Crippen molar-refractivity contribution >= 4 is 23.0 Å². The lowest BCUT2D eigenvalue weighted by atomic mass is 10.2. The van der Waals surface area contributed by atoms with Crippen molar-refractivity contribution in [2.75, 3.05) is 5.32 Å². The molecule has 0 atom stereocenters. The summed E-state index contributed by atoms with van der Waals surface area (Å²) in [7, 11) is 0. The van der Waals surface area contributed by atoms with Gasteiger partial charge in [-0.1, -0.05) is 12.1 Å². The zero-order chi connectivity index (χ0) is 11.4. The molecule has 0 aliphatic carbocycles. The molecule has 0 radical (unpaired) electrons. The summed E-state index contributed by atoms with van der Waals surface area (Å²) in [5.41, 5.74) is 1.28. The van der Waals surface area contributed by atoms with Gasteiger partial charge in [0.05, 0.1) is 5.69 Å². The van der Waals surface area contributed by atoms with Gasteiger partial charge in [-0.2, -0.15) is 0 Å². The summed E-state index contributed by atoms with van der Waals surface area (Å²) in [6.45, 7) is 5.79. The van der Waals surface area contributed by atoms with E-state index in [1.165, 1.54) is 6.07 Å². The summed E-state index contributed by atoms with van der Waals surface area (Å²) < 4.78 is 13.4.